The molecule has 0 aliphatic carbocycles. The first kappa shape index (κ1) is 74.0. The van der Waals surface area contributed by atoms with Gasteiger partial charge in [0.25, 0.3) is 7.82 Å². The largest absolute Gasteiger partial charge is 0.756 e. The molecule has 0 spiro atoms. The summed E-state index contributed by atoms with van der Waals surface area (Å²) in [5.74, 6) is -0.191. The number of phosphoric acid groups is 1. The Balaban J connectivity index is 3.78. The maximum atomic E-state index is 13.0. The third-order valence-corrected chi connectivity index (χ3v) is 16.4. The molecule has 0 saturated carbocycles. The smallest absolute Gasteiger partial charge is 0.268 e. The van der Waals surface area contributed by atoms with E-state index in [-0.39, 0.29) is 19.1 Å². The van der Waals surface area contributed by atoms with Crippen LogP contribution < -0.4 is 10.2 Å². The highest BCUT2D eigenvalue weighted by Gasteiger charge is 2.23. The second-order valence-corrected chi connectivity index (χ2v) is 25.6. The van der Waals surface area contributed by atoms with Gasteiger partial charge in [0.05, 0.1) is 39.9 Å². The molecule has 0 heterocycles. The van der Waals surface area contributed by atoms with Gasteiger partial charge in [-0.3, -0.25) is 9.36 Å². The summed E-state index contributed by atoms with van der Waals surface area (Å²) in [7, 11) is 1.28. The molecule has 0 aromatic heterocycles. The molecular weight excluding hydrogens is 948 g/mol. The number of aliphatic hydroxyl groups is 1. The Morgan fingerprint density at radius 1 is 0.453 bits per heavy atom. The highest BCUT2D eigenvalue weighted by molar-refractivity contribution is 7.45. The van der Waals surface area contributed by atoms with E-state index in [1.807, 2.05) is 27.2 Å². The SMILES string of the molecule is CCCCCCCCCC/C=C\CCCCCCCCCCCCCCCCCCCCCCCCCCCCCCCC(=O)NC(COP(=O)([O-])OCC[N+](C)(C)C)C(O)/C=C/CCCCCCCCCCCC. The Morgan fingerprint density at radius 2 is 0.733 bits per heavy atom. The molecule has 0 saturated heterocycles. The van der Waals surface area contributed by atoms with Crippen molar-refractivity contribution in [2.24, 2.45) is 0 Å². The monoisotopic (exact) mass is 1080 g/mol. The summed E-state index contributed by atoms with van der Waals surface area (Å²) in [5.41, 5.74) is 0. The van der Waals surface area contributed by atoms with Crippen molar-refractivity contribution < 1.29 is 32.9 Å². The fraction of sp³-hybridized carbons (Fsp3) is 0.924. The molecule has 1 amide bonds. The molecule has 0 fully saturated rings. The number of unbranched alkanes of at least 4 members (excludes halogenated alkanes) is 47. The number of hydrogen-bond acceptors (Lipinski definition) is 6. The van der Waals surface area contributed by atoms with Crippen molar-refractivity contribution in [3.63, 3.8) is 0 Å². The van der Waals surface area contributed by atoms with Crippen LogP contribution in [0.2, 0.25) is 0 Å². The Hall–Kier alpha value is -1.02. The standard InChI is InChI=1S/C66H131N2O6P/c1-6-8-10-12-14-16-18-20-21-22-23-24-25-26-27-28-29-30-31-32-33-34-35-36-37-38-39-40-41-42-43-44-45-46-47-48-50-52-54-56-58-60-66(70)67-64(63-74-75(71,72)73-62-61-68(3,4)5)65(69)59-57-55-53-51-49-19-17-15-13-11-9-7-2/h22-23,57,59,64-65,69H,6-21,24-56,58,60-63H2,1-5H3,(H-,67,70,71,72)/b23-22-,59-57+. The molecular formula is C66H131N2O6P. The summed E-state index contributed by atoms with van der Waals surface area (Å²) in [6, 6.07) is -0.882. The zero-order valence-electron chi connectivity index (χ0n) is 51.0. The zero-order valence-corrected chi connectivity index (χ0v) is 51.9. The third kappa shape index (κ3) is 60.5. The number of carbonyl (C=O) groups is 1. The van der Waals surface area contributed by atoms with E-state index in [2.05, 4.69) is 31.3 Å². The minimum atomic E-state index is -4.59. The normalized spacial score (nSPS) is 13.9. The molecule has 0 aliphatic rings. The van der Waals surface area contributed by atoms with Crippen molar-refractivity contribution in [1.29, 1.82) is 0 Å². The lowest BCUT2D eigenvalue weighted by molar-refractivity contribution is -0.870. The number of allylic oxidation sites excluding steroid dienone is 3. The number of quaternary nitrogens is 1. The molecule has 0 radical (unpaired) electrons. The molecule has 0 aliphatic heterocycles. The van der Waals surface area contributed by atoms with E-state index >= 15 is 0 Å². The number of aliphatic hydroxyl groups excluding tert-OH is 1. The van der Waals surface area contributed by atoms with Crippen LogP contribution in [0.25, 0.3) is 0 Å². The van der Waals surface area contributed by atoms with Crippen molar-refractivity contribution in [1.82, 2.24) is 5.32 Å². The van der Waals surface area contributed by atoms with Crippen molar-refractivity contribution in [2.75, 3.05) is 40.9 Å². The number of amides is 1. The van der Waals surface area contributed by atoms with Gasteiger partial charge in [-0.2, -0.15) is 0 Å². The van der Waals surface area contributed by atoms with Gasteiger partial charge in [0.15, 0.2) is 0 Å². The summed E-state index contributed by atoms with van der Waals surface area (Å²) in [6.45, 7) is 4.67. The Morgan fingerprint density at radius 3 is 1.04 bits per heavy atom. The fourth-order valence-electron chi connectivity index (χ4n) is 10.2. The van der Waals surface area contributed by atoms with E-state index in [4.69, 9.17) is 9.05 Å². The van der Waals surface area contributed by atoms with Crippen molar-refractivity contribution >= 4 is 13.7 Å². The van der Waals surface area contributed by atoms with E-state index in [1.54, 1.807) is 6.08 Å². The minimum Gasteiger partial charge on any atom is -0.756 e. The number of hydrogen-bond donors (Lipinski definition) is 2. The molecule has 446 valence electrons. The topological polar surface area (TPSA) is 108 Å². The molecule has 75 heavy (non-hydrogen) atoms. The van der Waals surface area contributed by atoms with Crippen molar-refractivity contribution in [3.8, 4) is 0 Å². The Bertz CT molecular complexity index is 1270. The number of nitrogens with one attached hydrogen (secondary N) is 1. The fourth-order valence-corrected chi connectivity index (χ4v) is 10.9. The molecule has 3 atom stereocenters. The highest BCUT2D eigenvalue weighted by atomic mass is 31.2. The van der Waals surface area contributed by atoms with Gasteiger partial charge in [-0.25, -0.2) is 0 Å². The maximum Gasteiger partial charge on any atom is 0.268 e. The molecule has 0 aromatic rings. The van der Waals surface area contributed by atoms with Crippen LogP contribution in [0.4, 0.5) is 0 Å². The number of phosphoric ester groups is 1. The second-order valence-electron chi connectivity index (χ2n) is 24.2. The minimum absolute atomic E-state index is 0.00179. The van der Waals surface area contributed by atoms with Crippen molar-refractivity contribution in [3.05, 3.63) is 24.3 Å². The molecule has 2 N–H and O–H groups in total. The van der Waals surface area contributed by atoms with E-state index in [0.717, 1.165) is 38.5 Å². The van der Waals surface area contributed by atoms with Crippen LogP contribution in [0, 0.1) is 0 Å². The van der Waals surface area contributed by atoms with E-state index in [9.17, 15) is 19.4 Å². The summed E-state index contributed by atoms with van der Waals surface area (Å²) < 4.78 is 23.3. The van der Waals surface area contributed by atoms with Crippen LogP contribution in [0.15, 0.2) is 24.3 Å². The van der Waals surface area contributed by atoms with Gasteiger partial charge in [0.1, 0.15) is 13.2 Å². The molecule has 0 bridgehead atoms. The number of carbonyl (C=O) groups excluding carboxylic acids is 1. The maximum absolute atomic E-state index is 13.0. The molecule has 0 rings (SSSR count). The first-order chi connectivity index (χ1) is 36.5. The van der Waals surface area contributed by atoms with Crippen LogP contribution in [0.5, 0.6) is 0 Å². The summed E-state index contributed by atoms with van der Waals surface area (Å²) in [5, 5.41) is 13.9. The van der Waals surface area contributed by atoms with Gasteiger partial charge in [0, 0.05) is 6.42 Å². The first-order valence-electron chi connectivity index (χ1n) is 33.2. The molecule has 9 heteroatoms. The Kier molecular flexibility index (Phi) is 56.9. The van der Waals surface area contributed by atoms with Gasteiger partial charge in [0.2, 0.25) is 5.91 Å². The lowest BCUT2D eigenvalue weighted by Gasteiger charge is -2.29. The number of likely N-dealkylation sites (N-methyl/N-ethyl adjacent to an activating group) is 1. The van der Waals surface area contributed by atoms with Gasteiger partial charge >= 0.3 is 0 Å². The third-order valence-electron chi connectivity index (χ3n) is 15.4. The van der Waals surface area contributed by atoms with Crippen LogP contribution >= 0.6 is 7.82 Å². The van der Waals surface area contributed by atoms with Gasteiger partial charge in [-0.1, -0.05) is 314 Å². The highest BCUT2D eigenvalue weighted by Crippen LogP contribution is 2.38. The quantitative estimate of drug-likeness (QED) is 0.0272. The van der Waals surface area contributed by atoms with Crippen LogP contribution in [-0.4, -0.2) is 68.5 Å². The average Bonchev–Trinajstić information content (AvgIpc) is 3.37. The van der Waals surface area contributed by atoms with Crippen LogP contribution in [0.1, 0.15) is 341 Å². The van der Waals surface area contributed by atoms with Gasteiger partial charge in [-0.05, 0) is 44.9 Å². The molecule has 3 unspecified atom stereocenters. The second kappa shape index (κ2) is 57.7. The first-order valence-corrected chi connectivity index (χ1v) is 34.7. The van der Waals surface area contributed by atoms with Gasteiger partial charge < -0.3 is 28.8 Å². The summed E-state index contributed by atoms with van der Waals surface area (Å²) in [4.78, 5) is 25.5. The van der Waals surface area contributed by atoms with E-state index in [0.29, 0.717) is 17.4 Å². The molecule has 8 nitrogen and oxygen atoms in total. The lowest BCUT2D eigenvalue weighted by Crippen LogP contribution is -2.45. The molecule has 0 aromatic carbocycles. The van der Waals surface area contributed by atoms with Crippen LogP contribution in [-0.2, 0) is 18.4 Å². The van der Waals surface area contributed by atoms with Gasteiger partial charge in [-0.15, -0.1) is 0 Å². The van der Waals surface area contributed by atoms with Crippen molar-refractivity contribution in [2.45, 2.75) is 353 Å². The summed E-state index contributed by atoms with van der Waals surface area (Å²) >= 11 is 0. The average molecular weight is 1080 g/mol. The zero-order chi connectivity index (χ0) is 54.9. The number of nitrogens with zero attached hydrogens (tertiary/aromatic N) is 1. The lowest BCUT2D eigenvalue weighted by atomic mass is 10.0. The Labute approximate surface area is 468 Å². The predicted molar refractivity (Wildman–Crippen MR) is 325 cm³/mol. The number of rotatable bonds is 62. The van der Waals surface area contributed by atoms with Crippen LogP contribution in [0.3, 0.4) is 0 Å². The van der Waals surface area contributed by atoms with E-state index < -0.39 is 20.0 Å². The predicted octanol–water partition coefficient (Wildman–Crippen LogP) is 20.1. The summed E-state index contributed by atoms with van der Waals surface area (Å²) in [6.07, 6.45) is 74.6. The van der Waals surface area contributed by atoms with E-state index in [1.165, 1.54) is 283 Å².